The zero-order valence-corrected chi connectivity index (χ0v) is 23.0. The minimum absolute atomic E-state index is 0.00602. The number of hydrogen-bond acceptors (Lipinski definition) is 9. The topological polar surface area (TPSA) is 102 Å². The van der Waals surface area contributed by atoms with Crippen molar-refractivity contribution in [2.75, 3.05) is 56.2 Å². The van der Waals surface area contributed by atoms with Crippen LogP contribution in [0.15, 0.2) is 31.1 Å². The number of likely N-dealkylation sites (tertiary alicyclic amines) is 1. The van der Waals surface area contributed by atoms with Gasteiger partial charge >= 0.3 is 12.2 Å². The van der Waals surface area contributed by atoms with Crippen molar-refractivity contribution in [1.29, 1.82) is 5.26 Å². The maximum absolute atomic E-state index is 13.8. The number of hydrogen-bond donors (Lipinski definition) is 0. The molecule has 13 heteroatoms. The smallest absolute Gasteiger partial charge is 0.418 e. The molecule has 41 heavy (non-hydrogen) atoms. The summed E-state index contributed by atoms with van der Waals surface area (Å²) in [5.41, 5.74) is 0.692. The minimum Gasteiger partial charge on any atom is -0.462 e. The number of carbonyl (C=O) groups excluding carboxylic acids is 1. The van der Waals surface area contributed by atoms with Crippen LogP contribution < -0.4 is 14.5 Å². The first-order chi connectivity index (χ1) is 19.7. The number of piperazine rings is 1. The highest BCUT2D eigenvalue weighted by Gasteiger charge is 2.37. The molecule has 3 aliphatic rings. The van der Waals surface area contributed by atoms with E-state index in [-0.39, 0.29) is 42.7 Å². The molecule has 2 atom stereocenters. The number of carbonyl (C=O) groups is 1. The van der Waals surface area contributed by atoms with Crippen LogP contribution in [0.5, 0.6) is 6.01 Å². The number of anilines is 2. The molecule has 10 nitrogen and oxygen atoms in total. The third kappa shape index (κ3) is 6.07. The van der Waals surface area contributed by atoms with Crippen LogP contribution in [0.3, 0.4) is 0 Å². The van der Waals surface area contributed by atoms with Gasteiger partial charge in [-0.25, -0.2) is 0 Å². The molecule has 2 aromatic rings. The molecule has 0 aromatic carbocycles. The van der Waals surface area contributed by atoms with E-state index in [4.69, 9.17) is 9.72 Å². The molecule has 218 valence electrons. The van der Waals surface area contributed by atoms with Gasteiger partial charge in [-0.15, -0.1) is 0 Å². The quantitative estimate of drug-likeness (QED) is 0.465. The fraction of sp³-hybridized carbons (Fsp3) is 0.536. The fourth-order valence-electron chi connectivity index (χ4n) is 5.89. The number of nitriles is 1. The Morgan fingerprint density at radius 3 is 2.76 bits per heavy atom. The summed E-state index contributed by atoms with van der Waals surface area (Å²) in [6.45, 7) is 6.66. The van der Waals surface area contributed by atoms with Crippen molar-refractivity contribution in [3.63, 3.8) is 0 Å². The van der Waals surface area contributed by atoms with Crippen molar-refractivity contribution in [2.24, 2.45) is 0 Å². The summed E-state index contributed by atoms with van der Waals surface area (Å²) < 4.78 is 47.5. The Morgan fingerprint density at radius 2 is 2.05 bits per heavy atom. The number of ether oxygens (including phenoxy) is 1. The number of aromatic nitrogens is 3. The summed E-state index contributed by atoms with van der Waals surface area (Å²) in [5.74, 6) is 0.409. The summed E-state index contributed by atoms with van der Waals surface area (Å²) >= 11 is 0. The van der Waals surface area contributed by atoms with E-state index in [0.717, 1.165) is 37.2 Å². The van der Waals surface area contributed by atoms with E-state index in [1.807, 2.05) is 11.9 Å². The summed E-state index contributed by atoms with van der Waals surface area (Å²) in [6, 6.07) is 3.20. The number of likely N-dealkylation sites (N-methyl/N-ethyl adjacent to an activating group) is 1. The molecule has 2 unspecified atom stereocenters. The Morgan fingerprint density at radius 1 is 1.22 bits per heavy atom. The van der Waals surface area contributed by atoms with Crippen LogP contribution >= 0.6 is 0 Å². The molecule has 2 saturated heterocycles. The maximum atomic E-state index is 13.8. The van der Waals surface area contributed by atoms with E-state index < -0.39 is 11.7 Å². The second-order valence-corrected chi connectivity index (χ2v) is 10.6. The predicted octanol–water partition coefficient (Wildman–Crippen LogP) is 3.04. The van der Waals surface area contributed by atoms with Gasteiger partial charge < -0.3 is 24.3 Å². The number of rotatable bonds is 7. The Kier molecular flexibility index (Phi) is 8.30. The highest BCUT2D eigenvalue weighted by molar-refractivity contribution is 5.87. The van der Waals surface area contributed by atoms with E-state index >= 15 is 0 Å². The molecule has 0 bridgehead atoms. The summed E-state index contributed by atoms with van der Waals surface area (Å²) in [6.07, 6.45) is 1.76. The Hall–Kier alpha value is -3.92. The predicted molar refractivity (Wildman–Crippen MR) is 145 cm³/mol. The lowest BCUT2D eigenvalue weighted by Crippen LogP contribution is -2.55. The van der Waals surface area contributed by atoms with E-state index in [0.29, 0.717) is 50.7 Å². The van der Waals surface area contributed by atoms with E-state index in [9.17, 15) is 23.2 Å². The van der Waals surface area contributed by atoms with Crippen molar-refractivity contribution >= 4 is 17.4 Å². The molecule has 0 spiro atoms. The van der Waals surface area contributed by atoms with Crippen molar-refractivity contribution in [3.8, 4) is 12.1 Å². The first kappa shape index (κ1) is 28.6. The van der Waals surface area contributed by atoms with E-state index in [1.165, 1.54) is 12.3 Å². The minimum atomic E-state index is -4.52. The van der Waals surface area contributed by atoms with Crippen LogP contribution in [-0.4, -0.2) is 89.1 Å². The number of fused-ring (bicyclic) bond motifs is 1. The Labute approximate surface area is 237 Å². The average molecular weight is 571 g/mol. The van der Waals surface area contributed by atoms with Crippen LogP contribution in [0, 0.1) is 11.3 Å². The molecule has 0 N–H and O–H groups in total. The molecule has 3 aliphatic heterocycles. The lowest BCUT2D eigenvalue weighted by atomic mass is 10.0. The first-order valence-corrected chi connectivity index (χ1v) is 13.7. The zero-order chi connectivity index (χ0) is 29.1. The van der Waals surface area contributed by atoms with Crippen LogP contribution in [0.2, 0.25) is 0 Å². The first-order valence-electron chi connectivity index (χ1n) is 13.7. The highest BCUT2D eigenvalue weighted by atomic mass is 19.4. The molecule has 1 amide bonds. The molecular formula is C28H33F3N8O2. The van der Waals surface area contributed by atoms with Crippen LogP contribution in [0.1, 0.15) is 36.1 Å². The summed E-state index contributed by atoms with van der Waals surface area (Å²) in [4.78, 5) is 33.4. The lowest BCUT2D eigenvalue weighted by Gasteiger charge is -2.42. The molecule has 5 heterocycles. The van der Waals surface area contributed by atoms with E-state index in [2.05, 4.69) is 27.5 Å². The number of nitrogens with zero attached hydrogens (tertiary/aromatic N) is 8. The van der Waals surface area contributed by atoms with Crippen molar-refractivity contribution < 1.29 is 22.7 Å². The van der Waals surface area contributed by atoms with Gasteiger partial charge in [0.2, 0.25) is 5.91 Å². The number of alkyl halides is 3. The molecule has 0 saturated carbocycles. The van der Waals surface area contributed by atoms with Gasteiger partial charge in [0, 0.05) is 44.0 Å². The molecule has 5 rings (SSSR count). The second-order valence-electron chi connectivity index (χ2n) is 10.6. The van der Waals surface area contributed by atoms with Gasteiger partial charge in [-0.05, 0) is 45.0 Å². The number of amides is 1. The maximum Gasteiger partial charge on any atom is 0.418 e. The standard InChI is InChI=1S/C28H33F3N8O2/c1-3-25(40)39-14-13-38(16-19(39)6-9-32)26-21-8-12-37(24-15-33-10-7-22(24)28(29,30)31)17-23(21)34-27(35-26)41-18-20-5-4-11-36(20)2/h3,7,10,15,19-20H,1,4-6,8,11-14,16-18H2,2H3. The van der Waals surface area contributed by atoms with Gasteiger partial charge in [-0.3, -0.25) is 9.78 Å². The van der Waals surface area contributed by atoms with Crippen molar-refractivity contribution in [1.82, 2.24) is 24.8 Å². The van der Waals surface area contributed by atoms with Gasteiger partial charge in [0.1, 0.15) is 12.4 Å². The van der Waals surface area contributed by atoms with Crippen molar-refractivity contribution in [3.05, 3.63) is 47.9 Å². The third-order valence-electron chi connectivity index (χ3n) is 8.11. The van der Waals surface area contributed by atoms with Crippen LogP contribution in [-0.2, 0) is 23.9 Å². The van der Waals surface area contributed by atoms with Gasteiger partial charge in [-0.2, -0.15) is 28.4 Å². The van der Waals surface area contributed by atoms with Gasteiger partial charge in [0.15, 0.2) is 0 Å². The Balaban J connectivity index is 1.47. The number of pyridine rings is 1. The summed E-state index contributed by atoms with van der Waals surface area (Å²) in [5, 5.41) is 9.42. The van der Waals surface area contributed by atoms with E-state index in [1.54, 1.807) is 9.80 Å². The van der Waals surface area contributed by atoms with Gasteiger partial charge in [-0.1, -0.05) is 6.58 Å². The molecule has 2 fully saturated rings. The highest BCUT2D eigenvalue weighted by Crippen LogP contribution is 2.39. The third-order valence-corrected chi connectivity index (χ3v) is 8.11. The number of halogens is 3. The van der Waals surface area contributed by atoms with Gasteiger partial charge in [0.05, 0.1) is 48.2 Å². The van der Waals surface area contributed by atoms with Gasteiger partial charge in [0.25, 0.3) is 0 Å². The fourth-order valence-corrected chi connectivity index (χ4v) is 5.89. The molecule has 0 aliphatic carbocycles. The SMILES string of the molecule is C=CC(=O)N1CCN(c2nc(OCC3CCCN3C)nc3c2CCN(c2cnccc2C(F)(F)F)C3)CC1CC#N. The monoisotopic (exact) mass is 570 g/mol. The largest absolute Gasteiger partial charge is 0.462 e. The summed E-state index contributed by atoms with van der Waals surface area (Å²) in [7, 11) is 2.05. The molecule has 2 aromatic heterocycles. The molecular weight excluding hydrogens is 537 g/mol. The zero-order valence-electron chi connectivity index (χ0n) is 23.0. The van der Waals surface area contributed by atoms with Crippen molar-refractivity contribution in [2.45, 2.75) is 50.5 Å². The van der Waals surface area contributed by atoms with Crippen LogP contribution in [0.4, 0.5) is 24.7 Å². The second kappa shape index (κ2) is 11.9. The molecule has 0 radical (unpaired) electrons. The van der Waals surface area contributed by atoms with Crippen LogP contribution in [0.25, 0.3) is 0 Å². The average Bonchev–Trinajstić information content (AvgIpc) is 3.39. The Bertz CT molecular complexity index is 1330. The lowest BCUT2D eigenvalue weighted by molar-refractivity contribution is -0.137. The normalized spacial score (nSPS) is 21.4.